The monoisotopic (exact) mass is 99.0 g/mol. The predicted octanol–water partition coefficient (Wildman–Crippen LogP) is -1.05. The molecule has 0 saturated carbocycles. The standard InChI is InChI=1S/CHNOSi2/c3-1(4)2-5/h(H,2,3). The number of amides is 1. The Labute approximate surface area is 36.9 Å². The van der Waals surface area contributed by atoms with E-state index in [-0.39, 0.29) is 5.53 Å². The summed E-state index contributed by atoms with van der Waals surface area (Å²) in [6, 6.07) is 0. The smallest absolute Gasteiger partial charge is 0.188 e. The number of rotatable bonds is 0. The van der Waals surface area contributed by atoms with Crippen molar-refractivity contribution in [3.05, 3.63) is 0 Å². The Kier molecular flexibility index (Phi) is 2.12. The molecule has 6 radical (unpaired) electrons. The van der Waals surface area contributed by atoms with Gasteiger partial charge in [0.1, 0.15) is 0 Å². The van der Waals surface area contributed by atoms with Crippen molar-refractivity contribution in [3.8, 4) is 0 Å². The molecule has 0 aliphatic carbocycles. The first-order valence-electron chi connectivity index (χ1n) is 0.954. The lowest BCUT2D eigenvalue weighted by Crippen LogP contribution is -2.16. The lowest BCUT2D eigenvalue weighted by molar-refractivity contribution is 0.264. The fourth-order valence-corrected chi connectivity index (χ4v) is 0. The highest BCUT2D eigenvalue weighted by Gasteiger charge is 1.74. The quantitative estimate of drug-likeness (QED) is 0.386. The summed E-state index contributed by atoms with van der Waals surface area (Å²) in [5.41, 5.74) is -0.276. The van der Waals surface area contributed by atoms with E-state index in [2.05, 4.69) is 25.6 Å². The molecule has 0 saturated heterocycles. The van der Waals surface area contributed by atoms with Gasteiger partial charge >= 0.3 is 0 Å². The number of nitrogens with one attached hydrogen (secondary N) is 1. The van der Waals surface area contributed by atoms with Crippen molar-refractivity contribution >= 4 is 26.2 Å². The molecule has 0 aliphatic heterocycles. The molecule has 5 heavy (non-hydrogen) atoms. The summed E-state index contributed by atoms with van der Waals surface area (Å²) in [5.74, 6) is 0. The maximum atomic E-state index is 9.57. The summed E-state index contributed by atoms with van der Waals surface area (Å²) in [7, 11) is 5.32. The van der Waals surface area contributed by atoms with Crippen LogP contribution in [0.4, 0.5) is 4.79 Å². The predicted molar refractivity (Wildman–Crippen MR) is 20.0 cm³/mol. The second kappa shape index (κ2) is 2.16. The largest absolute Gasteiger partial charge is 0.389 e. The summed E-state index contributed by atoms with van der Waals surface area (Å²) in [6.45, 7) is 0. The van der Waals surface area contributed by atoms with Crippen molar-refractivity contribution in [1.82, 2.24) is 4.98 Å². The van der Waals surface area contributed by atoms with Crippen LogP contribution in [0.3, 0.4) is 0 Å². The molecule has 24 valence electrons. The van der Waals surface area contributed by atoms with Crippen LogP contribution >= 0.6 is 0 Å². The molecule has 0 aromatic heterocycles. The van der Waals surface area contributed by atoms with Crippen molar-refractivity contribution in [3.63, 3.8) is 0 Å². The second-order valence-corrected chi connectivity index (χ2v) is 1.16. The molecule has 0 aromatic carbocycles. The molecule has 1 N–H and O–H groups in total. The first-order valence-corrected chi connectivity index (χ1v) is 1.95. The van der Waals surface area contributed by atoms with Crippen molar-refractivity contribution in [2.24, 2.45) is 0 Å². The van der Waals surface area contributed by atoms with Crippen LogP contribution in [0, 0.1) is 0 Å². The molecule has 0 unspecified atom stereocenters. The van der Waals surface area contributed by atoms with Gasteiger partial charge in [-0.05, 0) is 0 Å². The summed E-state index contributed by atoms with van der Waals surface area (Å²) in [4.78, 5) is 11.7. The van der Waals surface area contributed by atoms with Crippen LogP contribution in [-0.4, -0.2) is 26.2 Å². The van der Waals surface area contributed by atoms with Gasteiger partial charge in [-0.3, -0.25) is 4.79 Å². The summed E-state index contributed by atoms with van der Waals surface area (Å²) < 4.78 is 0. The summed E-state index contributed by atoms with van der Waals surface area (Å²) in [5, 5.41) is 0. The third-order valence-electron chi connectivity index (χ3n) is 0.114. The molecule has 0 atom stereocenters. The van der Waals surface area contributed by atoms with Gasteiger partial charge in [0.05, 0.1) is 0 Å². The second-order valence-electron chi connectivity index (χ2n) is 0.454. The Hall–Kier alpha value is -0.0962. The zero-order chi connectivity index (χ0) is 4.28. The van der Waals surface area contributed by atoms with Crippen LogP contribution in [0.15, 0.2) is 0 Å². The van der Waals surface area contributed by atoms with Gasteiger partial charge in [-0.25, -0.2) is 0 Å². The maximum absolute atomic E-state index is 9.57. The van der Waals surface area contributed by atoms with E-state index >= 15 is 0 Å². The third-order valence-corrected chi connectivity index (χ3v) is 0.716. The lowest BCUT2D eigenvalue weighted by atomic mass is 11.4. The SMILES string of the molecule is O=C([Si])N[Si]. The average molecular weight is 99.2 g/mol. The molecule has 0 aliphatic rings. The Morgan fingerprint density at radius 3 is 2.00 bits per heavy atom. The number of hydrogen-bond acceptors (Lipinski definition) is 1. The van der Waals surface area contributed by atoms with Crippen LogP contribution in [0.1, 0.15) is 0 Å². The summed E-state index contributed by atoms with van der Waals surface area (Å²) >= 11 is 0. The Balaban J connectivity index is 2.85. The van der Waals surface area contributed by atoms with E-state index in [9.17, 15) is 4.79 Å². The highest BCUT2D eigenvalue weighted by molar-refractivity contribution is 6.59. The van der Waals surface area contributed by atoms with Crippen molar-refractivity contribution in [2.75, 3.05) is 0 Å². The minimum absolute atomic E-state index is 0.276. The van der Waals surface area contributed by atoms with E-state index in [4.69, 9.17) is 0 Å². The Morgan fingerprint density at radius 2 is 2.00 bits per heavy atom. The molecule has 0 fully saturated rings. The van der Waals surface area contributed by atoms with Gasteiger partial charge in [-0.1, -0.05) is 0 Å². The van der Waals surface area contributed by atoms with Crippen LogP contribution in [0.2, 0.25) is 0 Å². The molecule has 0 bridgehead atoms. The van der Waals surface area contributed by atoms with Gasteiger partial charge in [0.25, 0.3) is 0 Å². The van der Waals surface area contributed by atoms with E-state index in [1.807, 2.05) is 0 Å². The van der Waals surface area contributed by atoms with Gasteiger partial charge < -0.3 is 4.98 Å². The Bertz CT molecular complexity index is 44.9. The van der Waals surface area contributed by atoms with E-state index in [0.29, 0.717) is 0 Å². The molecule has 1 amide bonds. The van der Waals surface area contributed by atoms with E-state index in [0.717, 1.165) is 0 Å². The first kappa shape index (κ1) is 4.90. The zero-order valence-corrected chi connectivity index (χ0v) is 4.41. The van der Waals surface area contributed by atoms with Crippen LogP contribution in [0.25, 0.3) is 0 Å². The third kappa shape index (κ3) is 3.90. The van der Waals surface area contributed by atoms with Gasteiger partial charge in [-0.2, -0.15) is 0 Å². The molecular formula is CHNOSi2. The minimum Gasteiger partial charge on any atom is -0.389 e. The molecule has 2 nitrogen and oxygen atoms in total. The molecule has 0 spiro atoms. The van der Waals surface area contributed by atoms with Crippen molar-refractivity contribution < 1.29 is 4.79 Å². The average Bonchev–Trinajstić information content (AvgIpc) is 1.38. The topological polar surface area (TPSA) is 29.1 Å². The van der Waals surface area contributed by atoms with Crippen LogP contribution in [-0.2, 0) is 0 Å². The van der Waals surface area contributed by atoms with Gasteiger partial charge in [0.2, 0.25) is 0 Å². The number of carbonyl (C=O) groups is 1. The highest BCUT2D eigenvalue weighted by Crippen LogP contribution is 1.43. The summed E-state index contributed by atoms with van der Waals surface area (Å²) in [6.07, 6.45) is 0. The molecule has 4 heteroatoms. The van der Waals surface area contributed by atoms with E-state index in [1.165, 1.54) is 0 Å². The van der Waals surface area contributed by atoms with Gasteiger partial charge in [0, 0.05) is 0 Å². The normalized spacial score (nSPS) is 6.80. The molecule has 0 heterocycles. The van der Waals surface area contributed by atoms with Crippen molar-refractivity contribution in [1.29, 1.82) is 0 Å². The first-order chi connectivity index (χ1) is 2.27. The van der Waals surface area contributed by atoms with Crippen LogP contribution in [0.5, 0.6) is 0 Å². The van der Waals surface area contributed by atoms with E-state index < -0.39 is 0 Å². The maximum Gasteiger partial charge on any atom is 0.188 e. The van der Waals surface area contributed by atoms with Gasteiger partial charge in [0.15, 0.2) is 26.2 Å². The van der Waals surface area contributed by atoms with Crippen molar-refractivity contribution in [2.45, 2.75) is 0 Å². The molecule has 0 rings (SSSR count). The fourth-order valence-electron chi connectivity index (χ4n) is 0. The molecular weight excluding hydrogens is 98.2 g/mol. The minimum atomic E-state index is -0.276. The number of hydrogen-bond donors (Lipinski definition) is 1. The Morgan fingerprint density at radius 1 is 1.80 bits per heavy atom. The van der Waals surface area contributed by atoms with Gasteiger partial charge in [-0.15, -0.1) is 0 Å². The highest BCUT2D eigenvalue weighted by atomic mass is 28.2. The fraction of sp³-hybridized carbons (Fsp3) is 0. The number of carbonyl (C=O) groups excluding carboxylic acids is 1. The lowest BCUT2D eigenvalue weighted by Gasteiger charge is -1.79. The molecule has 0 aromatic rings. The zero-order valence-electron chi connectivity index (χ0n) is 2.41. The van der Waals surface area contributed by atoms with Crippen LogP contribution < -0.4 is 4.98 Å². The van der Waals surface area contributed by atoms with E-state index in [1.54, 1.807) is 0 Å².